The van der Waals surface area contributed by atoms with Gasteiger partial charge in [0.05, 0.1) is 24.9 Å². The van der Waals surface area contributed by atoms with Crippen LogP contribution in [0.2, 0.25) is 0 Å². The van der Waals surface area contributed by atoms with E-state index in [0.29, 0.717) is 37.9 Å². The summed E-state index contributed by atoms with van der Waals surface area (Å²) < 4.78 is 37.8. The molecule has 1 saturated heterocycles. The van der Waals surface area contributed by atoms with Crippen LogP contribution in [0.4, 0.5) is 0 Å². The summed E-state index contributed by atoms with van der Waals surface area (Å²) in [7, 11) is -3.57. The van der Waals surface area contributed by atoms with Crippen molar-refractivity contribution in [2.75, 3.05) is 26.3 Å². The Labute approximate surface area is 167 Å². The number of hydrogen-bond donors (Lipinski definition) is 1. The smallest absolute Gasteiger partial charge is 0.244 e. The van der Waals surface area contributed by atoms with Crippen LogP contribution in [0, 0.1) is 0 Å². The fourth-order valence-corrected chi connectivity index (χ4v) is 4.89. The zero-order valence-electron chi connectivity index (χ0n) is 15.5. The largest absolute Gasteiger partial charge is 0.439 e. The highest BCUT2D eigenvalue weighted by molar-refractivity contribution is 7.89. The molecule has 3 heterocycles. The highest BCUT2D eigenvalue weighted by Crippen LogP contribution is 2.30. The van der Waals surface area contributed by atoms with Gasteiger partial charge in [-0.3, -0.25) is 0 Å². The molecule has 1 aliphatic rings. The number of nitrogens with zero attached hydrogens (tertiary/aromatic N) is 2. The van der Waals surface area contributed by atoms with Crippen LogP contribution >= 0.6 is 0 Å². The van der Waals surface area contributed by atoms with Crippen LogP contribution in [0.5, 0.6) is 11.6 Å². The number of hydrogen-bond acceptors (Lipinski definition) is 5. The second kappa shape index (κ2) is 7.14. The van der Waals surface area contributed by atoms with Gasteiger partial charge in [-0.1, -0.05) is 18.2 Å². The summed E-state index contributed by atoms with van der Waals surface area (Å²) in [5, 5.41) is 2.28. The van der Waals surface area contributed by atoms with Gasteiger partial charge in [-0.05, 0) is 24.3 Å². The minimum Gasteiger partial charge on any atom is -0.439 e. The maximum atomic E-state index is 12.7. The van der Waals surface area contributed by atoms with Gasteiger partial charge in [-0.15, -0.1) is 0 Å². The Morgan fingerprint density at radius 1 is 0.966 bits per heavy atom. The molecule has 29 heavy (non-hydrogen) atoms. The summed E-state index contributed by atoms with van der Waals surface area (Å²) in [5.74, 6) is 0.960. The van der Waals surface area contributed by atoms with E-state index in [-0.39, 0.29) is 4.90 Å². The number of morpholine rings is 1. The van der Waals surface area contributed by atoms with E-state index in [0.717, 1.165) is 21.8 Å². The Bertz CT molecular complexity index is 1280. The Morgan fingerprint density at radius 3 is 2.55 bits per heavy atom. The van der Waals surface area contributed by atoms with E-state index in [2.05, 4.69) is 16.0 Å². The van der Waals surface area contributed by atoms with Crippen molar-refractivity contribution < 1.29 is 17.9 Å². The summed E-state index contributed by atoms with van der Waals surface area (Å²) in [6, 6.07) is 17.0. The first-order chi connectivity index (χ1) is 14.1. The van der Waals surface area contributed by atoms with Gasteiger partial charge in [-0.2, -0.15) is 4.31 Å². The third-order valence-electron chi connectivity index (χ3n) is 5.02. The first kappa shape index (κ1) is 18.1. The highest BCUT2D eigenvalue weighted by atomic mass is 32.2. The number of nitrogens with one attached hydrogen (secondary N) is 1. The van der Waals surface area contributed by atoms with Crippen LogP contribution in [0.3, 0.4) is 0 Å². The highest BCUT2D eigenvalue weighted by Gasteiger charge is 2.26. The first-order valence-electron chi connectivity index (χ1n) is 9.33. The van der Waals surface area contributed by atoms with Crippen LogP contribution < -0.4 is 4.74 Å². The lowest BCUT2D eigenvalue weighted by Gasteiger charge is -2.25. The molecule has 2 aromatic heterocycles. The maximum absolute atomic E-state index is 12.7. The Hall–Kier alpha value is -2.94. The number of para-hydroxylation sites is 1. The standard InChI is InChI=1S/C21H19N3O4S/c25-29(26,24-9-11-27-12-10-24)16-6-8-21(22-14-16)28-15-5-7-18-17-3-1-2-4-19(17)23-20(18)13-15/h1-8,13-14,23H,9-12H2. The molecule has 0 spiro atoms. The third-order valence-corrected chi connectivity index (χ3v) is 6.90. The van der Waals surface area contributed by atoms with Crippen LogP contribution in [0.15, 0.2) is 65.7 Å². The van der Waals surface area contributed by atoms with Gasteiger partial charge in [0.15, 0.2) is 0 Å². The molecule has 148 valence electrons. The third kappa shape index (κ3) is 3.35. The minimum absolute atomic E-state index is 0.151. The number of rotatable bonds is 4. The molecular formula is C21H19N3O4S. The molecule has 0 radical (unpaired) electrons. The summed E-state index contributed by atoms with van der Waals surface area (Å²) in [6.07, 6.45) is 1.33. The summed E-state index contributed by atoms with van der Waals surface area (Å²) in [6.45, 7) is 1.52. The molecular weight excluding hydrogens is 390 g/mol. The SMILES string of the molecule is O=S(=O)(c1ccc(Oc2ccc3c(c2)[nH]c2ccccc23)nc1)N1CCOCC1. The molecule has 0 bridgehead atoms. The van der Waals surface area contributed by atoms with Crippen LogP contribution in [0.25, 0.3) is 21.8 Å². The van der Waals surface area contributed by atoms with Gasteiger partial charge in [0.1, 0.15) is 10.6 Å². The van der Waals surface area contributed by atoms with Crippen molar-refractivity contribution in [1.29, 1.82) is 0 Å². The van der Waals surface area contributed by atoms with Gasteiger partial charge in [-0.25, -0.2) is 13.4 Å². The van der Waals surface area contributed by atoms with E-state index in [9.17, 15) is 8.42 Å². The number of fused-ring (bicyclic) bond motifs is 3. The molecule has 0 amide bonds. The fourth-order valence-electron chi connectivity index (χ4n) is 3.53. The molecule has 0 atom stereocenters. The zero-order valence-corrected chi connectivity index (χ0v) is 16.4. The summed E-state index contributed by atoms with van der Waals surface area (Å²) in [4.78, 5) is 7.71. The number of ether oxygens (including phenoxy) is 2. The van der Waals surface area contributed by atoms with Gasteiger partial charge in [0.25, 0.3) is 0 Å². The Morgan fingerprint density at radius 2 is 1.76 bits per heavy atom. The predicted molar refractivity (Wildman–Crippen MR) is 110 cm³/mol. The van der Waals surface area contributed by atoms with Gasteiger partial charge in [0.2, 0.25) is 15.9 Å². The van der Waals surface area contributed by atoms with Crippen molar-refractivity contribution in [3.63, 3.8) is 0 Å². The topological polar surface area (TPSA) is 84.5 Å². The second-order valence-electron chi connectivity index (χ2n) is 6.83. The molecule has 2 aromatic carbocycles. The number of aromatic nitrogens is 2. The summed E-state index contributed by atoms with van der Waals surface area (Å²) >= 11 is 0. The van der Waals surface area contributed by atoms with E-state index in [1.807, 2.05) is 36.4 Å². The summed E-state index contributed by atoms with van der Waals surface area (Å²) in [5.41, 5.74) is 2.03. The van der Waals surface area contributed by atoms with E-state index in [4.69, 9.17) is 9.47 Å². The number of H-pyrrole nitrogens is 1. The molecule has 0 saturated carbocycles. The fraction of sp³-hybridized carbons (Fsp3) is 0.190. The molecule has 1 fully saturated rings. The lowest BCUT2D eigenvalue weighted by atomic mass is 10.1. The Balaban J connectivity index is 1.38. The molecule has 5 rings (SSSR count). The van der Waals surface area contributed by atoms with Crippen molar-refractivity contribution in [3.8, 4) is 11.6 Å². The lowest BCUT2D eigenvalue weighted by Crippen LogP contribution is -2.40. The molecule has 8 heteroatoms. The monoisotopic (exact) mass is 409 g/mol. The second-order valence-corrected chi connectivity index (χ2v) is 8.77. The van der Waals surface area contributed by atoms with Crippen molar-refractivity contribution in [2.45, 2.75) is 4.90 Å². The van der Waals surface area contributed by atoms with Crippen LogP contribution in [0.1, 0.15) is 0 Å². The van der Waals surface area contributed by atoms with Gasteiger partial charge < -0.3 is 14.5 Å². The average Bonchev–Trinajstić information content (AvgIpc) is 3.12. The molecule has 4 aromatic rings. The molecule has 0 unspecified atom stereocenters. The minimum atomic E-state index is -3.57. The molecule has 1 N–H and O–H groups in total. The van der Waals surface area contributed by atoms with Crippen molar-refractivity contribution in [1.82, 2.24) is 14.3 Å². The van der Waals surface area contributed by atoms with Crippen molar-refractivity contribution >= 4 is 31.8 Å². The maximum Gasteiger partial charge on any atom is 0.244 e. The average molecular weight is 409 g/mol. The lowest BCUT2D eigenvalue weighted by molar-refractivity contribution is 0.0730. The number of pyridine rings is 1. The first-order valence-corrected chi connectivity index (χ1v) is 10.8. The van der Waals surface area contributed by atoms with Crippen LogP contribution in [-0.4, -0.2) is 49.0 Å². The van der Waals surface area contributed by atoms with Crippen molar-refractivity contribution in [3.05, 3.63) is 60.8 Å². The Kier molecular flexibility index (Phi) is 4.46. The number of aromatic amines is 1. The number of sulfonamides is 1. The van der Waals surface area contributed by atoms with E-state index in [1.54, 1.807) is 6.07 Å². The van der Waals surface area contributed by atoms with E-state index >= 15 is 0 Å². The van der Waals surface area contributed by atoms with Crippen LogP contribution in [-0.2, 0) is 14.8 Å². The van der Waals surface area contributed by atoms with Gasteiger partial charge >= 0.3 is 0 Å². The molecule has 7 nitrogen and oxygen atoms in total. The molecule has 1 aliphatic heterocycles. The van der Waals surface area contributed by atoms with E-state index < -0.39 is 10.0 Å². The predicted octanol–water partition coefficient (Wildman–Crippen LogP) is 3.53. The zero-order chi connectivity index (χ0) is 19.8. The molecule has 0 aliphatic carbocycles. The van der Waals surface area contributed by atoms with E-state index in [1.165, 1.54) is 16.6 Å². The van der Waals surface area contributed by atoms with Crippen molar-refractivity contribution in [2.24, 2.45) is 0 Å². The quantitative estimate of drug-likeness (QED) is 0.557. The normalized spacial score (nSPS) is 15.7. The number of benzene rings is 2. The van der Waals surface area contributed by atoms with Gasteiger partial charge in [0, 0.05) is 41.5 Å².